The number of benzene rings is 10. The molecule has 12 rings (SSSR count). The van der Waals surface area contributed by atoms with Crippen molar-refractivity contribution < 1.29 is 0 Å². The fourth-order valence-corrected chi connectivity index (χ4v) is 12.3. The van der Waals surface area contributed by atoms with Crippen LogP contribution >= 0.6 is 0 Å². The zero-order valence-corrected chi connectivity index (χ0v) is 43.6. The predicted molar refractivity (Wildman–Crippen MR) is 303 cm³/mol. The van der Waals surface area contributed by atoms with Crippen LogP contribution in [0.15, 0.2) is 164 Å². The molecular formula is C70H66. The molecule has 0 spiro atoms. The van der Waals surface area contributed by atoms with Gasteiger partial charge in [0.25, 0.3) is 0 Å². The monoisotopic (exact) mass is 907 g/mol. The summed E-state index contributed by atoms with van der Waals surface area (Å²) in [5.74, 6) is 0. The Morgan fingerprint density at radius 1 is 0.271 bits per heavy atom. The normalized spacial score (nSPS) is 14.9. The van der Waals surface area contributed by atoms with Crippen LogP contribution in [-0.4, -0.2) is 0 Å². The molecule has 0 aliphatic heterocycles. The third-order valence-corrected chi connectivity index (χ3v) is 16.7. The molecule has 0 heterocycles. The van der Waals surface area contributed by atoms with Gasteiger partial charge in [0.2, 0.25) is 0 Å². The van der Waals surface area contributed by atoms with Gasteiger partial charge in [0, 0.05) is 10.8 Å². The van der Waals surface area contributed by atoms with Crippen molar-refractivity contribution in [3.63, 3.8) is 0 Å². The fraction of sp³-hybridized carbons (Fsp3) is 0.257. The molecule has 0 N–H and O–H groups in total. The van der Waals surface area contributed by atoms with E-state index in [1.807, 2.05) is 0 Å². The van der Waals surface area contributed by atoms with Crippen LogP contribution in [0.4, 0.5) is 0 Å². The minimum absolute atomic E-state index is 0.0392. The molecule has 0 nitrogen and oxygen atoms in total. The van der Waals surface area contributed by atoms with E-state index in [1.54, 1.807) is 0 Å². The van der Waals surface area contributed by atoms with Crippen molar-refractivity contribution in [2.24, 2.45) is 0 Å². The van der Waals surface area contributed by atoms with Gasteiger partial charge in [-0.05, 0) is 185 Å². The maximum absolute atomic E-state index is 2.49. The molecule has 0 amide bonds. The second-order valence-electron chi connectivity index (χ2n) is 25.1. The Kier molecular flexibility index (Phi) is 9.45. The van der Waals surface area contributed by atoms with Gasteiger partial charge in [-0.2, -0.15) is 0 Å². The molecule has 0 aromatic heterocycles. The van der Waals surface area contributed by atoms with E-state index in [-0.39, 0.29) is 27.1 Å². The molecule has 2 aliphatic carbocycles. The molecule has 70 heavy (non-hydrogen) atoms. The largest absolute Gasteiger partial charge is 0.0610 e. The molecule has 0 bridgehead atoms. The Balaban J connectivity index is 1.01. The van der Waals surface area contributed by atoms with Crippen LogP contribution in [0.5, 0.6) is 0 Å². The second kappa shape index (κ2) is 14.9. The minimum Gasteiger partial charge on any atom is -0.0610 e. The van der Waals surface area contributed by atoms with Crippen molar-refractivity contribution in [3.05, 3.63) is 203 Å². The maximum Gasteiger partial charge on any atom is 0.0159 e. The van der Waals surface area contributed by atoms with Crippen LogP contribution in [0, 0.1) is 0 Å². The highest BCUT2D eigenvalue weighted by Gasteiger charge is 2.38. The first-order valence-electron chi connectivity index (χ1n) is 25.6. The van der Waals surface area contributed by atoms with Crippen molar-refractivity contribution in [3.8, 4) is 66.8 Å². The van der Waals surface area contributed by atoms with E-state index in [0.29, 0.717) is 0 Å². The van der Waals surface area contributed by atoms with Crippen molar-refractivity contribution in [1.82, 2.24) is 0 Å². The van der Waals surface area contributed by atoms with Gasteiger partial charge in [-0.15, -0.1) is 0 Å². The average Bonchev–Trinajstić information content (AvgIpc) is 3.70. The van der Waals surface area contributed by atoms with E-state index in [0.717, 1.165) is 0 Å². The van der Waals surface area contributed by atoms with Crippen molar-refractivity contribution in [2.75, 3.05) is 0 Å². The smallest absolute Gasteiger partial charge is 0.0159 e. The van der Waals surface area contributed by atoms with Gasteiger partial charge >= 0.3 is 0 Å². The first-order chi connectivity index (χ1) is 33.1. The number of fused-ring (bicyclic) bond motifs is 6. The summed E-state index contributed by atoms with van der Waals surface area (Å²) in [4.78, 5) is 0. The lowest BCUT2D eigenvalue weighted by Crippen LogP contribution is -2.17. The van der Waals surface area contributed by atoms with Crippen LogP contribution in [0.1, 0.15) is 129 Å². The van der Waals surface area contributed by atoms with E-state index in [2.05, 4.69) is 254 Å². The first-order valence-corrected chi connectivity index (χ1v) is 25.6. The summed E-state index contributed by atoms with van der Waals surface area (Å²) in [6.45, 7) is 30.5. The molecule has 0 atom stereocenters. The molecule has 10 aromatic rings. The Morgan fingerprint density at radius 3 is 1.03 bits per heavy atom. The van der Waals surface area contributed by atoms with Crippen LogP contribution in [0.3, 0.4) is 0 Å². The molecule has 0 radical (unpaired) electrons. The average molecular weight is 907 g/mol. The third kappa shape index (κ3) is 6.77. The summed E-state index contributed by atoms with van der Waals surface area (Å²) >= 11 is 0. The first kappa shape index (κ1) is 44.4. The predicted octanol–water partition coefficient (Wildman–Crippen LogP) is 19.8. The van der Waals surface area contributed by atoms with Crippen LogP contribution in [-0.2, 0) is 27.1 Å². The Hall–Kier alpha value is -6.76. The standard InChI is InChI=1S/C70H66/c1-66(2,3)49-24-30-54-52-26-20-43(36-60(52)69(10,11)62(54)38-49)41-16-14-18-45(32-41)58-40-59(57-29-23-48-35-51(68(7,8)9)34-47-22-28-56(58)65(57)64(47)48)46-19-15-17-42(33-46)44-21-27-53-55-31-25-50(67(4,5)6)39-63(55)70(12,13)61(53)37-44/h14-40H,1-13H3. The van der Waals surface area contributed by atoms with Gasteiger partial charge in [0.05, 0.1) is 0 Å². The van der Waals surface area contributed by atoms with Gasteiger partial charge in [-0.3, -0.25) is 0 Å². The molecule has 0 fully saturated rings. The van der Waals surface area contributed by atoms with Crippen LogP contribution in [0.25, 0.3) is 99.1 Å². The lowest BCUT2D eigenvalue weighted by atomic mass is 9.78. The van der Waals surface area contributed by atoms with Crippen LogP contribution in [0.2, 0.25) is 0 Å². The number of rotatable bonds is 4. The molecular weight excluding hydrogens is 841 g/mol. The fourth-order valence-electron chi connectivity index (χ4n) is 12.3. The SMILES string of the molecule is CC(C)(C)c1ccc2c(c1)C(C)(C)c1cc(-c3cccc(-c4cc(-c5cccc(-c6ccc7c(c6)C(C)(C)c6cc(C(C)(C)C)ccc6-7)c5)c5ccc6cc(C(C)(C)C)cc7ccc4c5c76)c3)ccc1-2. The minimum atomic E-state index is -0.0981. The lowest BCUT2D eigenvalue weighted by Gasteiger charge is -2.25. The molecule has 346 valence electrons. The Labute approximate surface area is 416 Å². The summed E-state index contributed by atoms with van der Waals surface area (Å²) < 4.78 is 0. The van der Waals surface area contributed by atoms with Gasteiger partial charge in [0.1, 0.15) is 0 Å². The number of hydrogen-bond donors (Lipinski definition) is 0. The van der Waals surface area contributed by atoms with Gasteiger partial charge in [-0.1, -0.05) is 223 Å². The lowest BCUT2D eigenvalue weighted by molar-refractivity contribution is 0.584. The van der Waals surface area contributed by atoms with Gasteiger partial charge < -0.3 is 0 Å². The van der Waals surface area contributed by atoms with Crippen molar-refractivity contribution in [2.45, 2.75) is 117 Å². The molecule has 0 saturated heterocycles. The highest BCUT2D eigenvalue weighted by Crippen LogP contribution is 2.53. The van der Waals surface area contributed by atoms with E-state index < -0.39 is 0 Å². The zero-order valence-electron chi connectivity index (χ0n) is 43.6. The summed E-state index contributed by atoms with van der Waals surface area (Å²) in [6.07, 6.45) is 0. The number of hydrogen-bond acceptors (Lipinski definition) is 0. The summed E-state index contributed by atoms with van der Waals surface area (Å²) in [5, 5.41) is 7.89. The topological polar surface area (TPSA) is 0 Å². The molecule has 0 heteroatoms. The van der Waals surface area contributed by atoms with E-state index in [9.17, 15) is 0 Å². The molecule has 0 saturated carbocycles. The summed E-state index contributed by atoms with van der Waals surface area (Å²) in [5.41, 5.74) is 25.3. The van der Waals surface area contributed by atoms with Crippen LogP contribution < -0.4 is 0 Å². The van der Waals surface area contributed by atoms with E-state index >= 15 is 0 Å². The van der Waals surface area contributed by atoms with Gasteiger partial charge in [-0.25, -0.2) is 0 Å². The van der Waals surface area contributed by atoms with E-state index in [4.69, 9.17) is 0 Å². The summed E-state index contributed by atoms with van der Waals surface area (Å²) in [6, 6.07) is 64.2. The van der Waals surface area contributed by atoms with Crippen molar-refractivity contribution in [1.29, 1.82) is 0 Å². The molecule has 10 aromatic carbocycles. The zero-order chi connectivity index (χ0) is 49.0. The second-order valence-corrected chi connectivity index (χ2v) is 25.1. The third-order valence-electron chi connectivity index (χ3n) is 16.7. The van der Waals surface area contributed by atoms with Gasteiger partial charge in [0.15, 0.2) is 0 Å². The highest BCUT2D eigenvalue weighted by molar-refractivity contribution is 6.28. The maximum atomic E-state index is 2.49. The summed E-state index contributed by atoms with van der Waals surface area (Å²) in [7, 11) is 0. The molecule has 0 unspecified atom stereocenters. The van der Waals surface area contributed by atoms with Crippen molar-refractivity contribution >= 4 is 32.3 Å². The molecule has 2 aliphatic rings. The highest BCUT2D eigenvalue weighted by atomic mass is 14.4. The Morgan fingerprint density at radius 2 is 0.629 bits per heavy atom. The Bertz CT molecular complexity index is 3570. The quantitative estimate of drug-likeness (QED) is 0.154. The van der Waals surface area contributed by atoms with E-state index in [1.165, 1.54) is 138 Å².